The molecule has 0 aliphatic carbocycles. The summed E-state index contributed by atoms with van der Waals surface area (Å²) in [6.07, 6.45) is 11.9. The number of aliphatic hydroxyl groups excluding tert-OH is 2. The lowest BCUT2D eigenvalue weighted by Gasteiger charge is -2.42. The average Bonchev–Trinajstić information content (AvgIpc) is 3.30. The van der Waals surface area contributed by atoms with Gasteiger partial charge in [0, 0.05) is 84.1 Å². The molecule has 0 aromatic carbocycles. The number of hydrogen-bond acceptors (Lipinski definition) is 11. The summed E-state index contributed by atoms with van der Waals surface area (Å²) in [6.45, 7) is 40.4. The third-order valence-electron chi connectivity index (χ3n) is 17.6. The maximum Gasteiger partial charge on any atom is 0.331 e. The Balaban J connectivity index is 2.41. The van der Waals surface area contributed by atoms with Crippen molar-refractivity contribution in [2.24, 2.45) is 35.5 Å². The number of methoxy groups -OCH3 is 4. The van der Waals surface area contributed by atoms with E-state index in [0.29, 0.717) is 55.3 Å². The number of carbonyl (C=O) groups is 1. The monoisotopic (exact) mass is 1040 g/mol. The standard InChI is InChI=1S/C58H110O11Si2/c1-37(2)71(38(3)4,39(5)6)66-33-32-42(9)56(65-20)43(10)50(59)30-28-41(8)55(61)46(13)57-45(12)53(64-19)36-52(63-18)44(11)51(62-17)35-48-25-23-24-47(67-48)34-49(69-70(21,22)58(14,15)16)29-26-40(7)27-31-54(60)68-57/h23-24,26-27,31,37-39,41-53,55-57,59,61H,25,28-30,32-36H2,1-22H3/b31-27+,40-26+/t41-,42+,43-,44+,45-,46-,47-,48-,49-,50-,51-,52-,53+,55-,56+,57-/m0/s1. The van der Waals surface area contributed by atoms with E-state index < -0.39 is 46.8 Å². The largest absolute Gasteiger partial charge is 0.458 e. The number of aliphatic hydroxyl groups is 2. The van der Waals surface area contributed by atoms with E-state index in [0.717, 1.165) is 24.8 Å². The van der Waals surface area contributed by atoms with Crippen LogP contribution in [0.1, 0.15) is 162 Å². The molecule has 11 nitrogen and oxygen atoms in total. The molecule has 0 spiro atoms. The zero-order chi connectivity index (χ0) is 54.2. The third-order valence-corrected chi connectivity index (χ3v) is 28.3. The molecule has 0 aromatic rings. The number of fused-ring (bicyclic) bond motifs is 2. The molecule has 0 amide bonds. The van der Waals surface area contributed by atoms with Gasteiger partial charge in [-0.3, -0.25) is 0 Å². The first kappa shape index (κ1) is 65.9. The number of carbonyl (C=O) groups excluding carboxylic acids is 1. The summed E-state index contributed by atoms with van der Waals surface area (Å²) in [5.74, 6) is -1.45. The van der Waals surface area contributed by atoms with Crippen molar-refractivity contribution in [3.8, 4) is 0 Å². The van der Waals surface area contributed by atoms with Gasteiger partial charge >= 0.3 is 5.97 Å². The topological polar surface area (TPSA) is 131 Å². The molecule has 2 heterocycles. The molecular formula is C58H110O11Si2. The number of esters is 1. The number of rotatable bonds is 22. The van der Waals surface area contributed by atoms with E-state index in [1.807, 2.05) is 33.8 Å². The van der Waals surface area contributed by atoms with Crippen LogP contribution in [-0.2, 0) is 42.1 Å². The van der Waals surface area contributed by atoms with E-state index >= 15 is 0 Å². The first-order valence-electron chi connectivity index (χ1n) is 27.7. The molecule has 71 heavy (non-hydrogen) atoms. The Kier molecular flexibility index (Phi) is 28.3. The molecule has 0 aromatic heterocycles. The molecule has 13 heteroatoms. The predicted molar refractivity (Wildman–Crippen MR) is 297 cm³/mol. The highest BCUT2D eigenvalue weighted by atomic mass is 28.4. The van der Waals surface area contributed by atoms with Gasteiger partial charge in [0.2, 0.25) is 0 Å². The Morgan fingerprint density at radius 2 is 1.31 bits per heavy atom. The van der Waals surface area contributed by atoms with Crippen LogP contribution in [0.15, 0.2) is 36.0 Å². The minimum atomic E-state index is -2.13. The van der Waals surface area contributed by atoms with Gasteiger partial charge in [-0.15, -0.1) is 0 Å². The van der Waals surface area contributed by atoms with Crippen molar-refractivity contribution in [2.75, 3.05) is 35.0 Å². The van der Waals surface area contributed by atoms with Crippen LogP contribution in [0.2, 0.25) is 34.8 Å². The van der Waals surface area contributed by atoms with Crippen LogP contribution in [0.4, 0.5) is 0 Å². The van der Waals surface area contributed by atoms with Crippen molar-refractivity contribution in [1.82, 2.24) is 0 Å². The quantitative estimate of drug-likeness (QED) is 0.0610. The van der Waals surface area contributed by atoms with E-state index in [1.165, 1.54) is 6.08 Å². The van der Waals surface area contributed by atoms with Crippen molar-refractivity contribution < 1.29 is 52.3 Å². The molecule has 2 rings (SSSR count). The van der Waals surface area contributed by atoms with Crippen molar-refractivity contribution in [2.45, 2.75) is 258 Å². The first-order chi connectivity index (χ1) is 33.0. The lowest BCUT2D eigenvalue weighted by Crippen LogP contribution is -2.48. The summed E-state index contributed by atoms with van der Waals surface area (Å²) in [7, 11) is 2.79. The highest BCUT2D eigenvalue weighted by molar-refractivity contribution is 6.77. The predicted octanol–water partition coefficient (Wildman–Crippen LogP) is 13.0. The fraction of sp³-hybridized carbons (Fsp3) is 0.879. The Labute approximate surface area is 437 Å². The molecular weight excluding hydrogens is 929 g/mol. The smallest absolute Gasteiger partial charge is 0.331 e. The Bertz CT molecular complexity index is 1590. The molecule has 0 saturated carbocycles. The normalized spacial score (nSPS) is 30.5. The van der Waals surface area contributed by atoms with E-state index in [4.69, 9.17) is 37.3 Å². The maximum atomic E-state index is 13.9. The molecule has 2 aliphatic rings. The van der Waals surface area contributed by atoms with Gasteiger partial charge in [0.25, 0.3) is 0 Å². The summed E-state index contributed by atoms with van der Waals surface area (Å²) in [5.41, 5.74) is 2.48. The molecule has 16 atom stereocenters. The molecule has 2 bridgehead atoms. The fourth-order valence-electron chi connectivity index (χ4n) is 11.9. The van der Waals surface area contributed by atoms with Gasteiger partial charge in [0.15, 0.2) is 16.6 Å². The van der Waals surface area contributed by atoms with Crippen molar-refractivity contribution in [1.29, 1.82) is 0 Å². The molecule has 0 unspecified atom stereocenters. The maximum absolute atomic E-state index is 13.9. The Morgan fingerprint density at radius 3 is 1.85 bits per heavy atom. The molecule has 0 saturated heterocycles. The minimum absolute atomic E-state index is 0.0215. The second kappa shape index (κ2) is 30.5. The van der Waals surface area contributed by atoms with Gasteiger partial charge in [0.05, 0.1) is 54.9 Å². The van der Waals surface area contributed by atoms with E-state index in [2.05, 4.69) is 114 Å². The van der Waals surface area contributed by atoms with Gasteiger partial charge < -0.3 is 47.5 Å². The van der Waals surface area contributed by atoms with Crippen molar-refractivity contribution in [3.63, 3.8) is 0 Å². The number of allylic oxidation sites excluding steroid dienone is 2. The third kappa shape index (κ3) is 19.1. The molecule has 0 fully saturated rings. The SMILES string of the molecule is CO[C@@H]([C@@H](C)[C@@H](O)CC[C@H](C)[C@H](O)[C@H](C)[C@H]1OC(=O)/C=C/C(C)=C/C[C@H](O[Si](C)(C)C(C)(C)C)C[C@@H]2C=CC[C@@H](C[C@H](OC)[C@@H](C)[C@@H](OC)C[C@@H](OC)[C@@H]1C)O2)[C@H](C)CCO[Si](C(C)C)(C(C)C)C(C)C. The van der Waals surface area contributed by atoms with Crippen LogP contribution >= 0.6 is 0 Å². The van der Waals surface area contributed by atoms with Gasteiger partial charge in [-0.1, -0.05) is 134 Å². The van der Waals surface area contributed by atoms with E-state index in [9.17, 15) is 15.0 Å². The number of ether oxygens (including phenoxy) is 6. The highest BCUT2D eigenvalue weighted by Gasteiger charge is 2.46. The van der Waals surface area contributed by atoms with Crippen LogP contribution in [0.5, 0.6) is 0 Å². The summed E-state index contributed by atoms with van der Waals surface area (Å²) in [4.78, 5) is 13.9. The number of cyclic esters (lactones) is 1. The summed E-state index contributed by atoms with van der Waals surface area (Å²) >= 11 is 0. The van der Waals surface area contributed by atoms with Gasteiger partial charge in [0.1, 0.15) is 6.10 Å². The van der Waals surface area contributed by atoms with Crippen LogP contribution in [0.25, 0.3) is 0 Å². The second-order valence-corrected chi connectivity index (χ2v) is 34.8. The van der Waals surface area contributed by atoms with Gasteiger partial charge in [-0.2, -0.15) is 0 Å². The van der Waals surface area contributed by atoms with E-state index in [-0.39, 0.29) is 77.4 Å². The second-order valence-electron chi connectivity index (χ2n) is 24.6. The fourth-order valence-corrected chi connectivity index (χ4v) is 18.7. The van der Waals surface area contributed by atoms with Gasteiger partial charge in [-0.05, 0) is 85.6 Å². The first-order valence-corrected chi connectivity index (χ1v) is 32.7. The lowest BCUT2D eigenvalue weighted by atomic mass is 9.78. The van der Waals surface area contributed by atoms with Crippen LogP contribution in [0, 0.1) is 35.5 Å². The molecule has 416 valence electrons. The Hall–Kier alpha value is -1.24. The lowest BCUT2D eigenvalue weighted by molar-refractivity contribution is -0.159. The van der Waals surface area contributed by atoms with Gasteiger partial charge in [-0.25, -0.2) is 4.79 Å². The van der Waals surface area contributed by atoms with Crippen molar-refractivity contribution >= 4 is 22.6 Å². The number of hydrogen-bond donors (Lipinski definition) is 2. The van der Waals surface area contributed by atoms with Crippen molar-refractivity contribution in [3.05, 3.63) is 36.0 Å². The summed E-state index contributed by atoms with van der Waals surface area (Å²) in [6, 6.07) is 0. The molecule has 0 radical (unpaired) electrons. The summed E-state index contributed by atoms with van der Waals surface area (Å²) < 4.78 is 51.9. The molecule has 2 aliphatic heterocycles. The van der Waals surface area contributed by atoms with E-state index in [1.54, 1.807) is 28.4 Å². The van der Waals surface area contributed by atoms with Crippen LogP contribution in [-0.4, -0.2) is 129 Å². The highest BCUT2D eigenvalue weighted by Crippen LogP contribution is 2.43. The molecule has 2 N–H and O–H groups in total. The minimum Gasteiger partial charge on any atom is -0.458 e. The van der Waals surface area contributed by atoms with Crippen LogP contribution in [0.3, 0.4) is 0 Å². The zero-order valence-electron chi connectivity index (χ0n) is 49.3. The Morgan fingerprint density at radius 1 is 0.746 bits per heavy atom. The van der Waals surface area contributed by atoms with Crippen LogP contribution < -0.4 is 0 Å². The zero-order valence-corrected chi connectivity index (χ0v) is 51.3. The summed E-state index contributed by atoms with van der Waals surface area (Å²) in [5, 5.41) is 23.9. The average molecular weight is 1040 g/mol.